The maximum atomic E-state index is 12.1. The number of rotatable bonds is 3. The second-order valence-electron chi connectivity index (χ2n) is 4.02. The van der Waals surface area contributed by atoms with Gasteiger partial charge in [0, 0.05) is 23.7 Å². The number of fused-ring (bicyclic) bond motifs is 1. The Bertz CT molecular complexity index is 719. The Morgan fingerprint density at radius 3 is 3.11 bits per heavy atom. The predicted molar refractivity (Wildman–Crippen MR) is 73.9 cm³/mol. The summed E-state index contributed by atoms with van der Waals surface area (Å²) >= 11 is 1.30. The molecule has 0 unspecified atom stereocenters. The van der Waals surface area contributed by atoms with Crippen LogP contribution in [0.2, 0.25) is 0 Å². The fourth-order valence-electron chi connectivity index (χ4n) is 1.78. The third-order valence-electron chi connectivity index (χ3n) is 2.74. The quantitative estimate of drug-likeness (QED) is 0.767. The summed E-state index contributed by atoms with van der Waals surface area (Å²) in [5, 5.41) is 3.63. The first-order chi connectivity index (χ1) is 9.25. The van der Waals surface area contributed by atoms with Crippen LogP contribution in [-0.4, -0.2) is 10.9 Å². The van der Waals surface area contributed by atoms with E-state index in [1.165, 1.54) is 11.3 Å². The van der Waals surface area contributed by atoms with Crippen LogP contribution in [0.25, 0.3) is 10.2 Å². The Kier molecular flexibility index (Phi) is 2.92. The Hall–Kier alpha value is -2.34. The van der Waals surface area contributed by atoms with E-state index in [-0.39, 0.29) is 5.91 Å². The average Bonchev–Trinajstić information content (AvgIpc) is 3.05. The predicted octanol–water partition coefficient (Wildman–Crippen LogP) is 2.40. The molecule has 6 heteroatoms. The highest BCUT2D eigenvalue weighted by Crippen LogP contribution is 2.31. The largest absolute Gasteiger partial charge is 0.472 e. The number of pyridine rings is 1. The van der Waals surface area contributed by atoms with Gasteiger partial charge in [-0.2, -0.15) is 0 Å². The number of anilines is 1. The highest BCUT2D eigenvalue weighted by molar-refractivity contribution is 7.21. The van der Waals surface area contributed by atoms with Crippen molar-refractivity contribution in [1.29, 1.82) is 0 Å². The van der Waals surface area contributed by atoms with Crippen molar-refractivity contribution in [2.75, 3.05) is 5.73 Å². The van der Waals surface area contributed by atoms with E-state index in [4.69, 9.17) is 10.2 Å². The maximum absolute atomic E-state index is 12.1. The number of nitrogens with two attached hydrogens (primary N) is 1. The second kappa shape index (κ2) is 4.74. The molecule has 0 aromatic carbocycles. The van der Waals surface area contributed by atoms with Gasteiger partial charge in [0.05, 0.1) is 18.2 Å². The molecule has 3 N–H and O–H groups in total. The number of carbonyl (C=O) groups excluding carboxylic acids is 1. The number of carbonyl (C=O) groups is 1. The molecule has 3 rings (SSSR count). The zero-order valence-corrected chi connectivity index (χ0v) is 10.7. The van der Waals surface area contributed by atoms with E-state index >= 15 is 0 Å². The van der Waals surface area contributed by atoms with Crippen LogP contribution in [0, 0.1) is 0 Å². The highest BCUT2D eigenvalue weighted by atomic mass is 32.1. The van der Waals surface area contributed by atoms with Crippen molar-refractivity contribution in [3.8, 4) is 0 Å². The molecule has 0 fully saturated rings. The molecule has 0 radical (unpaired) electrons. The van der Waals surface area contributed by atoms with Crippen LogP contribution in [0.4, 0.5) is 5.69 Å². The summed E-state index contributed by atoms with van der Waals surface area (Å²) in [7, 11) is 0. The van der Waals surface area contributed by atoms with Crippen molar-refractivity contribution in [2.24, 2.45) is 0 Å². The van der Waals surface area contributed by atoms with E-state index in [2.05, 4.69) is 10.3 Å². The second-order valence-corrected chi connectivity index (χ2v) is 5.01. The smallest absolute Gasteiger partial charge is 0.263 e. The molecular weight excluding hydrogens is 262 g/mol. The number of nitrogen functional groups attached to an aromatic ring is 1. The standard InChI is InChI=1S/C13H11N3O2S/c14-10-9-2-1-4-15-13(9)19-11(10)12(17)16-6-8-3-5-18-7-8/h1-5,7H,6,14H2,(H,16,17). The minimum Gasteiger partial charge on any atom is -0.472 e. The lowest BCUT2D eigenvalue weighted by molar-refractivity contribution is 0.0956. The number of furan rings is 1. The molecule has 0 aliphatic rings. The van der Waals surface area contributed by atoms with Crippen LogP contribution < -0.4 is 11.1 Å². The van der Waals surface area contributed by atoms with Crippen LogP contribution in [-0.2, 0) is 6.54 Å². The third-order valence-corrected chi connectivity index (χ3v) is 3.87. The zero-order valence-electron chi connectivity index (χ0n) is 9.92. The fraction of sp³-hybridized carbons (Fsp3) is 0.0769. The minimum absolute atomic E-state index is 0.193. The van der Waals surface area contributed by atoms with Crippen molar-refractivity contribution < 1.29 is 9.21 Å². The summed E-state index contributed by atoms with van der Waals surface area (Å²) < 4.78 is 4.94. The Balaban J connectivity index is 1.83. The van der Waals surface area contributed by atoms with Crippen LogP contribution in [0.3, 0.4) is 0 Å². The van der Waals surface area contributed by atoms with Gasteiger partial charge in [-0.15, -0.1) is 11.3 Å². The Morgan fingerprint density at radius 2 is 2.37 bits per heavy atom. The van der Waals surface area contributed by atoms with E-state index in [0.717, 1.165) is 15.8 Å². The van der Waals surface area contributed by atoms with Gasteiger partial charge in [-0.1, -0.05) is 0 Å². The van der Waals surface area contributed by atoms with Gasteiger partial charge in [0.2, 0.25) is 0 Å². The summed E-state index contributed by atoms with van der Waals surface area (Å²) in [6.07, 6.45) is 4.85. The number of hydrogen-bond donors (Lipinski definition) is 2. The molecule has 3 aromatic rings. The van der Waals surface area contributed by atoms with Crippen LogP contribution >= 0.6 is 11.3 Å². The zero-order chi connectivity index (χ0) is 13.2. The first-order valence-corrected chi connectivity index (χ1v) is 6.49. The molecule has 0 aliphatic carbocycles. The van der Waals surface area contributed by atoms with Crippen LogP contribution in [0.1, 0.15) is 15.2 Å². The van der Waals surface area contributed by atoms with Crippen molar-refractivity contribution in [1.82, 2.24) is 10.3 Å². The summed E-state index contributed by atoms with van der Waals surface area (Å²) in [6.45, 7) is 0.413. The van der Waals surface area contributed by atoms with E-state index < -0.39 is 0 Å². The number of aromatic nitrogens is 1. The summed E-state index contributed by atoms with van der Waals surface area (Å²) in [5.74, 6) is -0.193. The molecule has 0 spiro atoms. The molecule has 0 saturated heterocycles. The number of hydrogen-bond acceptors (Lipinski definition) is 5. The third kappa shape index (κ3) is 2.17. The number of thiophene rings is 1. The van der Waals surface area contributed by atoms with Crippen molar-refractivity contribution in [3.63, 3.8) is 0 Å². The van der Waals surface area contributed by atoms with Gasteiger partial charge in [-0.3, -0.25) is 4.79 Å². The van der Waals surface area contributed by atoms with Crippen LogP contribution in [0.5, 0.6) is 0 Å². The van der Waals surface area contributed by atoms with Crippen molar-refractivity contribution >= 4 is 33.1 Å². The first kappa shape index (κ1) is 11.7. The van der Waals surface area contributed by atoms with Gasteiger partial charge in [0.15, 0.2) is 0 Å². The average molecular weight is 273 g/mol. The van der Waals surface area contributed by atoms with Gasteiger partial charge in [0.25, 0.3) is 5.91 Å². The SMILES string of the molecule is Nc1c(C(=O)NCc2ccoc2)sc2ncccc12. The fourth-order valence-corrected chi connectivity index (χ4v) is 2.76. The molecule has 0 bridgehead atoms. The van der Waals surface area contributed by atoms with E-state index in [1.54, 1.807) is 30.9 Å². The highest BCUT2D eigenvalue weighted by Gasteiger charge is 2.16. The normalized spacial score (nSPS) is 10.7. The minimum atomic E-state index is -0.193. The van der Waals surface area contributed by atoms with Gasteiger partial charge in [0.1, 0.15) is 9.71 Å². The monoisotopic (exact) mass is 273 g/mol. The number of amides is 1. The summed E-state index contributed by atoms with van der Waals surface area (Å²) in [6, 6.07) is 5.47. The first-order valence-electron chi connectivity index (χ1n) is 5.68. The van der Waals surface area contributed by atoms with Crippen molar-refractivity contribution in [3.05, 3.63) is 47.4 Å². The lowest BCUT2D eigenvalue weighted by atomic mass is 10.2. The van der Waals surface area contributed by atoms with Crippen LogP contribution in [0.15, 0.2) is 41.3 Å². The maximum Gasteiger partial charge on any atom is 0.263 e. The molecule has 3 aromatic heterocycles. The van der Waals surface area contributed by atoms with Gasteiger partial charge >= 0.3 is 0 Å². The van der Waals surface area contributed by atoms with E-state index in [1.807, 2.05) is 6.07 Å². The van der Waals surface area contributed by atoms with Crippen molar-refractivity contribution in [2.45, 2.75) is 6.54 Å². The van der Waals surface area contributed by atoms with Gasteiger partial charge in [-0.05, 0) is 18.2 Å². The number of nitrogens with one attached hydrogen (secondary N) is 1. The summed E-state index contributed by atoms with van der Waals surface area (Å²) in [5.41, 5.74) is 7.37. The lowest BCUT2D eigenvalue weighted by Crippen LogP contribution is -2.22. The molecule has 0 saturated carbocycles. The Morgan fingerprint density at radius 1 is 1.47 bits per heavy atom. The van der Waals surface area contributed by atoms with Gasteiger partial charge in [-0.25, -0.2) is 4.98 Å². The Labute approximate surface area is 113 Å². The molecular formula is C13H11N3O2S. The molecule has 96 valence electrons. The molecule has 3 heterocycles. The topological polar surface area (TPSA) is 81.2 Å². The lowest BCUT2D eigenvalue weighted by Gasteiger charge is -2.02. The molecule has 19 heavy (non-hydrogen) atoms. The molecule has 0 aliphatic heterocycles. The molecule has 0 atom stereocenters. The van der Waals surface area contributed by atoms with Gasteiger partial charge < -0.3 is 15.5 Å². The van der Waals surface area contributed by atoms with E-state index in [9.17, 15) is 4.79 Å². The number of nitrogens with zero attached hydrogens (tertiary/aromatic N) is 1. The van der Waals surface area contributed by atoms with E-state index in [0.29, 0.717) is 17.1 Å². The summed E-state index contributed by atoms with van der Waals surface area (Å²) in [4.78, 5) is 17.6. The molecule has 1 amide bonds. The molecule has 5 nitrogen and oxygen atoms in total.